The summed E-state index contributed by atoms with van der Waals surface area (Å²) in [6, 6.07) is 0. The Morgan fingerprint density at radius 3 is 2.50 bits per heavy atom. The van der Waals surface area contributed by atoms with Crippen LogP contribution in [0, 0.1) is 0 Å². The monoisotopic (exact) mass is 118 g/mol. The van der Waals surface area contributed by atoms with Gasteiger partial charge in [-0.2, -0.15) is 0 Å². The van der Waals surface area contributed by atoms with Gasteiger partial charge in [0.25, 0.3) is 0 Å². The third-order valence-electron chi connectivity index (χ3n) is 1.42. The predicted molar refractivity (Wildman–Crippen MR) is 27.2 cm³/mol. The minimum atomic E-state index is -1.01. The van der Waals surface area contributed by atoms with Crippen LogP contribution >= 0.6 is 0 Å². The first-order valence-corrected chi connectivity index (χ1v) is 2.65. The Hall–Kier alpha value is -0.120. The highest BCUT2D eigenvalue weighted by Gasteiger charge is 2.36. The molecule has 2 N–H and O–H groups in total. The summed E-state index contributed by atoms with van der Waals surface area (Å²) < 4.78 is 4.67. The van der Waals surface area contributed by atoms with E-state index in [9.17, 15) is 0 Å². The third-order valence-corrected chi connectivity index (χ3v) is 1.42. The second-order valence-electron chi connectivity index (χ2n) is 2.33. The largest absolute Gasteiger partial charge is 0.385 e. The highest BCUT2D eigenvalue weighted by atomic mass is 16.6. The van der Waals surface area contributed by atoms with Gasteiger partial charge in [0.1, 0.15) is 5.60 Å². The standard InChI is InChI=1S/C5H10O3/c1-5(7)2-3-8-4(5)6/h4,6-7H,2-3H2,1H3/t4-,5-/m1/s1. The van der Waals surface area contributed by atoms with Crippen molar-refractivity contribution in [1.29, 1.82) is 0 Å². The highest BCUT2D eigenvalue weighted by Crippen LogP contribution is 2.22. The number of aliphatic hydroxyl groups excluding tert-OH is 1. The molecular weight excluding hydrogens is 108 g/mol. The van der Waals surface area contributed by atoms with Crippen molar-refractivity contribution < 1.29 is 14.9 Å². The van der Waals surface area contributed by atoms with Gasteiger partial charge in [0.05, 0.1) is 6.61 Å². The summed E-state index contributed by atoms with van der Waals surface area (Å²) in [6.07, 6.45) is -0.462. The van der Waals surface area contributed by atoms with Crippen LogP contribution in [0.15, 0.2) is 0 Å². The van der Waals surface area contributed by atoms with Crippen LogP contribution in [0.5, 0.6) is 0 Å². The van der Waals surface area contributed by atoms with Crippen molar-refractivity contribution >= 4 is 0 Å². The lowest BCUT2D eigenvalue weighted by atomic mass is 10.1. The lowest BCUT2D eigenvalue weighted by molar-refractivity contribution is -0.150. The Morgan fingerprint density at radius 2 is 2.38 bits per heavy atom. The van der Waals surface area contributed by atoms with Crippen molar-refractivity contribution in [2.45, 2.75) is 25.2 Å². The lowest BCUT2D eigenvalue weighted by Gasteiger charge is -2.17. The van der Waals surface area contributed by atoms with Crippen molar-refractivity contribution in [2.75, 3.05) is 6.61 Å². The van der Waals surface area contributed by atoms with Gasteiger partial charge in [-0.15, -0.1) is 0 Å². The molecule has 0 unspecified atom stereocenters. The molecule has 1 heterocycles. The Labute approximate surface area is 47.9 Å². The molecule has 1 rings (SSSR count). The second kappa shape index (κ2) is 1.69. The zero-order valence-corrected chi connectivity index (χ0v) is 4.79. The maximum atomic E-state index is 9.09. The van der Waals surface area contributed by atoms with E-state index in [1.807, 2.05) is 0 Å². The minimum Gasteiger partial charge on any atom is -0.385 e. The van der Waals surface area contributed by atoms with Gasteiger partial charge >= 0.3 is 0 Å². The molecule has 0 spiro atoms. The van der Waals surface area contributed by atoms with E-state index in [-0.39, 0.29) is 0 Å². The zero-order chi connectivity index (χ0) is 6.20. The van der Waals surface area contributed by atoms with E-state index in [2.05, 4.69) is 4.74 Å². The molecule has 0 aromatic carbocycles. The van der Waals surface area contributed by atoms with Gasteiger partial charge in [-0.1, -0.05) is 0 Å². The minimum absolute atomic E-state index is 0.453. The second-order valence-corrected chi connectivity index (χ2v) is 2.33. The molecule has 3 heteroatoms. The van der Waals surface area contributed by atoms with Gasteiger partial charge in [0, 0.05) is 6.42 Å². The van der Waals surface area contributed by atoms with Gasteiger partial charge in [-0.3, -0.25) is 0 Å². The number of ether oxygens (including phenoxy) is 1. The van der Waals surface area contributed by atoms with Crippen molar-refractivity contribution in [3.8, 4) is 0 Å². The molecule has 1 saturated heterocycles. The number of hydrogen-bond donors (Lipinski definition) is 2. The molecule has 0 saturated carbocycles. The molecule has 1 aliphatic rings. The van der Waals surface area contributed by atoms with Gasteiger partial charge in [-0.05, 0) is 6.92 Å². The summed E-state index contributed by atoms with van der Waals surface area (Å²) in [5.41, 5.74) is -1.01. The van der Waals surface area contributed by atoms with Crippen LogP contribution in [0.4, 0.5) is 0 Å². The van der Waals surface area contributed by atoms with Crippen molar-refractivity contribution in [1.82, 2.24) is 0 Å². The summed E-state index contributed by atoms with van der Waals surface area (Å²) in [4.78, 5) is 0. The fraction of sp³-hybridized carbons (Fsp3) is 1.00. The first kappa shape index (κ1) is 6.01. The summed E-state index contributed by atoms with van der Waals surface area (Å²) in [5.74, 6) is 0. The SMILES string of the molecule is C[C@@]1(O)CCO[C@H]1O. The van der Waals surface area contributed by atoms with Crippen LogP contribution in [0.25, 0.3) is 0 Å². The molecule has 0 aromatic heterocycles. The maximum Gasteiger partial charge on any atom is 0.183 e. The summed E-state index contributed by atoms with van der Waals surface area (Å²) >= 11 is 0. The topological polar surface area (TPSA) is 49.7 Å². The third kappa shape index (κ3) is 0.844. The Balaban J connectivity index is 2.54. The molecular formula is C5H10O3. The van der Waals surface area contributed by atoms with E-state index in [0.29, 0.717) is 13.0 Å². The molecule has 1 aliphatic heterocycles. The average molecular weight is 118 g/mol. The van der Waals surface area contributed by atoms with E-state index in [1.54, 1.807) is 6.92 Å². The Morgan fingerprint density at radius 1 is 1.75 bits per heavy atom. The number of aliphatic hydroxyl groups is 2. The van der Waals surface area contributed by atoms with Crippen LogP contribution in [0.1, 0.15) is 13.3 Å². The summed E-state index contributed by atoms with van der Waals surface area (Å²) in [7, 11) is 0. The van der Waals surface area contributed by atoms with E-state index < -0.39 is 11.9 Å². The fourth-order valence-corrected chi connectivity index (χ4v) is 0.680. The normalized spacial score (nSPS) is 47.6. The highest BCUT2D eigenvalue weighted by molar-refractivity contribution is 4.80. The van der Waals surface area contributed by atoms with E-state index in [0.717, 1.165) is 0 Å². The van der Waals surface area contributed by atoms with E-state index >= 15 is 0 Å². The van der Waals surface area contributed by atoms with Gasteiger partial charge < -0.3 is 14.9 Å². The molecule has 3 nitrogen and oxygen atoms in total. The van der Waals surface area contributed by atoms with Crippen LogP contribution in [-0.4, -0.2) is 28.7 Å². The molecule has 1 fully saturated rings. The number of rotatable bonds is 0. The summed E-state index contributed by atoms with van der Waals surface area (Å²) in [6.45, 7) is 2.01. The Bertz CT molecular complexity index is 89.7. The molecule has 0 amide bonds. The van der Waals surface area contributed by atoms with Crippen molar-refractivity contribution in [3.63, 3.8) is 0 Å². The fourth-order valence-electron chi connectivity index (χ4n) is 0.680. The van der Waals surface area contributed by atoms with Crippen LogP contribution in [0.3, 0.4) is 0 Å². The first-order chi connectivity index (χ1) is 3.63. The van der Waals surface area contributed by atoms with Crippen molar-refractivity contribution in [3.05, 3.63) is 0 Å². The average Bonchev–Trinajstić information content (AvgIpc) is 1.86. The smallest absolute Gasteiger partial charge is 0.183 e. The summed E-state index contributed by atoms with van der Waals surface area (Å²) in [5, 5.41) is 17.9. The first-order valence-electron chi connectivity index (χ1n) is 2.65. The molecule has 0 aromatic rings. The van der Waals surface area contributed by atoms with Gasteiger partial charge in [0.15, 0.2) is 6.29 Å². The van der Waals surface area contributed by atoms with Gasteiger partial charge in [-0.25, -0.2) is 0 Å². The lowest BCUT2D eigenvalue weighted by Crippen LogP contribution is -2.33. The molecule has 0 aliphatic carbocycles. The van der Waals surface area contributed by atoms with Crippen LogP contribution < -0.4 is 0 Å². The number of hydrogen-bond acceptors (Lipinski definition) is 3. The Kier molecular flexibility index (Phi) is 1.27. The molecule has 2 atom stereocenters. The molecule has 48 valence electrons. The quantitative estimate of drug-likeness (QED) is 0.450. The molecule has 0 bridgehead atoms. The maximum absolute atomic E-state index is 9.09. The molecule has 0 radical (unpaired) electrons. The molecule has 8 heavy (non-hydrogen) atoms. The van der Waals surface area contributed by atoms with Gasteiger partial charge in [0.2, 0.25) is 0 Å². The predicted octanol–water partition coefficient (Wildman–Crippen LogP) is -0.524. The zero-order valence-electron chi connectivity index (χ0n) is 4.79. The van der Waals surface area contributed by atoms with Crippen LogP contribution in [0.2, 0.25) is 0 Å². The van der Waals surface area contributed by atoms with E-state index in [4.69, 9.17) is 10.2 Å². The van der Waals surface area contributed by atoms with E-state index in [1.165, 1.54) is 0 Å². The van der Waals surface area contributed by atoms with Crippen LogP contribution in [-0.2, 0) is 4.74 Å². The van der Waals surface area contributed by atoms with Crippen molar-refractivity contribution in [2.24, 2.45) is 0 Å².